The quantitative estimate of drug-likeness (QED) is 0.511. The van der Waals surface area contributed by atoms with E-state index in [1.807, 2.05) is 0 Å². The van der Waals surface area contributed by atoms with Gasteiger partial charge in [-0.1, -0.05) is 52.2 Å². The monoisotopic (exact) mass is 401 g/mol. The summed E-state index contributed by atoms with van der Waals surface area (Å²) in [5, 5.41) is 10.2. The summed E-state index contributed by atoms with van der Waals surface area (Å²) in [5.74, 6) is 5.16. The van der Waals surface area contributed by atoms with Gasteiger partial charge in [-0.25, -0.2) is 0 Å². The molecule has 0 bridgehead atoms. The van der Waals surface area contributed by atoms with E-state index in [4.69, 9.17) is 5.73 Å². The molecule has 3 saturated carbocycles. The Hall–Kier alpha value is -0.340. The van der Waals surface area contributed by atoms with Crippen LogP contribution >= 0.6 is 0 Å². The molecule has 0 unspecified atom stereocenters. The minimum absolute atomic E-state index is 0.0848. The Morgan fingerprint density at radius 1 is 1.07 bits per heavy atom. The first kappa shape index (κ1) is 21.9. The van der Waals surface area contributed by atoms with Crippen LogP contribution < -0.4 is 5.73 Å². The van der Waals surface area contributed by atoms with Crippen LogP contribution in [0.2, 0.25) is 0 Å². The molecule has 166 valence electrons. The molecule has 0 radical (unpaired) electrons. The molecule has 29 heavy (non-hydrogen) atoms. The minimum atomic E-state index is -0.0848. The highest BCUT2D eigenvalue weighted by Crippen LogP contribution is 2.67. The second kappa shape index (κ2) is 8.30. The van der Waals surface area contributed by atoms with Crippen molar-refractivity contribution in [3.8, 4) is 0 Å². The lowest BCUT2D eigenvalue weighted by Gasteiger charge is -2.58. The molecule has 0 spiro atoms. The molecule has 3 N–H and O–H groups in total. The fourth-order valence-corrected chi connectivity index (χ4v) is 8.72. The zero-order chi connectivity index (χ0) is 20.8. The number of hydrogen-bond donors (Lipinski definition) is 2. The van der Waals surface area contributed by atoms with Crippen molar-refractivity contribution in [2.75, 3.05) is 6.54 Å². The summed E-state index contributed by atoms with van der Waals surface area (Å²) >= 11 is 0. The summed E-state index contributed by atoms with van der Waals surface area (Å²) < 4.78 is 0. The Balaban J connectivity index is 1.46. The Morgan fingerprint density at radius 3 is 2.62 bits per heavy atom. The molecule has 4 rings (SSSR count). The van der Waals surface area contributed by atoms with Crippen molar-refractivity contribution in [3.05, 3.63) is 11.6 Å². The van der Waals surface area contributed by atoms with Crippen molar-refractivity contribution in [2.24, 2.45) is 52.1 Å². The van der Waals surface area contributed by atoms with Crippen molar-refractivity contribution in [1.82, 2.24) is 0 Å². The Kier molecular flexibility index (Phi) is 6.26. The molecule has 4 aliphatic rings. The molecule has 0 amide bonds. The summed E-state index contributed by atoms with van der Waals surface area (Å²) in [6.45, 7) is 10.9. The van der Waals surface area contributed by atoms with Crippen molar-refractivity contribution in [1.29, 1.82) is 0 Å². The molecule has 0 saturated heterocycles. The van der Waals surface area contributed by atoms with Gasteiger partial charge in [-0.05, 0) is 111 Å². The van der Waals surface area contributed by atoms with E-state index in [1.165, 1.54) is 57.8 Å². The number of rotatable bonds is 6. The number of allylic oxidation sites excluding steroid dienone is 1. The summed E-state index contributed by atoms with van der Waals surface area (Å²) in [6, 6.07) is 0. The van der Waals surface area contributed by atoms with Crippen LogP contribution in [0.5, 0.6) is 0 Å². The fraction of sp³-hybridized carbons (Fsp3) is 0.926. The van der Waals surface area contributed by atoms with E-state index in [1.54, 1.807) is 5.57 Å². The van der Waals surface area contributed by atoms with Gasteiger partial charge in [0.15, 0.2) is 0 Å². The SMILES string of the molecule is C[C@@H](CN)CCC[C@@H](C)[C@H]1CC[C@H]2[C@@H]3CC=C4C[C@@H](O)CC[C@]4(C)[C@H]3CC[C@]12C. The third-order valence-corrected chi connectivity index (χ3v) is 10.6. The summed E-state index contributed by atoms with van der Waals surface area (Å²) in [7, 11) is 0. The maximum atomic E-state index is 10.2. The van der Waals surface area contributed by atoms with Gasteiger partial charge in [0.05, 0.1) is 6.10 Å². The van der Waals surface area contributed by atoms with Gasteiger partial charge in [-0.15, -0.1) is 0 Å². The van der Waals surface area contributed by atoms with Gasteiger partial charge in [0.2, 0.25) is 0 Å². The molecule has 2 nitrogen and oxygen atoms in total. The van der Waals surface area contributed by atoms with Gasteiger partial charge in [-0.2, -0.15) is 0 Å². The van der Waals surface area contributed by atoms with Crippen LogP contribution in [0.15, 0.2) is 11.6 Å². The number of nitrogens with two attached hydrogens (primary N) is 1. The van der Waals surface area contributed by atoms with Crippen LogP contribution in [0.4, 0.5) is 0 Å². The van der Waals surface area contributed by atoms with Gasteiger partial charge < -0.3 is 10.8 Å². The molecule has 9 atom stereocenters. The molecule has 2 heteroatoms. The molecule has 0 aromatic heterocycles. The highest BCUT2D eigenvalue weighted by atomic mass is 16.3. The van der Waals surface area contributed by atoms with E-state index in [0.29, 0.717) is 16.7 Å². The maximum absolute atomic E-state index is 10.2. The Morgan fingerprint density at radius 2 is 1.86 bits per heavy atom. The third-order valence-electron chi connectivity index (χ3n) is 10.6. The predicted molar refractivity (Wildman–Crippen MR) is 122 cm³/mol. The fourth-order valence-electron chi connectivity index (χ4n) is 8.72. The van der Waals surface area contributed by atoms with Crippen molar-refractivity contribution >= 4 is 0 Å². The molecule has 3 fully saturated rings. The Labute approximate surface area is 180 Å². The standard InChI is InChI=1S/C27H47NO/c1-18(17-28)6-5-7-19(2)23-10-11-24-22-9-8-20-16-21(29)12-14-26(20,3)25(22)13-15-27(23,24)4/h8,18-19,21-25,29H,5-7,9-17,28H2,1-4H3/t18-,19-,21+,22+,23-,24+,25+,26+,27-/m1/s1. The zero-order valence-electron chi connectivity index (χ0n) is 19.6. The van der Waals surface area contributed by atoms with E-state index in [0.717, 1.165) is 49.0 Å². The molecule has 0 aromatic rings. The van der Waals surface area contributed by atoms with E-state index < -0.39 is 0 Å². The van der Waals surface area contributed by atoms with Gasteiger partial charge in [0.25, 0.3) is 0 Å². The minimum Gasteiger partial charge on any atom is -0.393 e. The lowest BCUT2D eigenvalue weighted by molar-refractivity contribution is -0.0573. The largest absolute Gasteiger partial charge is 0.393 e. The first-order valence-corrected chi connectivity index (χ1v) is 12.9. The zero-order valence-corrected chi connectivity index (χ0v) is 19.6. The van der Waals surface area contributed by atoms with E-state index in [-0.39, 0.29) is 6.10 Å². The van der Waals surface area contributed by atoms with Gasteiger partial charge in [-0.3, -0.25) is 0 Å². The predicted octanol–water partition coefficient (Wildman–Crippen LogP) is 6.33. The van der Waals surface area contributed by atoms with Crippen molar-refractivity contribution in [2.45, 2.75) is 104 Å². The first-order valence-electron chi connectivity index (χ1n) is 12.9. The number of hydrogen-bond acceptors (Lipinski definition) is 2. The lowest BCUT2D eigenvalue weighted by Crippen LogP contribution is -2.50. The summed E-state index contributed by atoms with van der Waals surface area (Å²) in [5.41, 5.74) is 8.38. The van der Waals surface area contributed by atoms with E-state index in [2.05, 4.69) is 33.8 Å². The second-order valence-corrected chi connectivity index (χ2v) is 12.1. The van der Waals surface area contributed by atoms with Gasteiger partial charge in [0.1, 0.15) is 0 Å². The highest BCUT2D eigenvalue weighted by molar-refractivity contribution is 5.25. The van der Waals surface area contributed by atoms with Crippen LogP contribution in [0.3, 0.4) is 0 Å². The summed E-state index contributed by atoms with van der Waals surface area (Å²) in [6.07, 6.45) is 16.8. The summed E-state index contributed by atoms with van der Waals surface area (Å²) in [4.78, 5) is 0. The normalized spacial score (nSPS) is 46.3. The third kappa shape index (κ3) is 3.75. The smallest absolute Gasteiger partial charge is 0.0577 e. The number of fused-ring (bicyclic) bond motifs is 5. The molecule has 0 aromatic carbocycles. The van der Waals surface area contributed by atoms with E-state index >= 15 is 0 Å². The second-order valence-electron chi connectivity index (χ2n) is 12.1. The maximum Gasteiger partial charge on any atom is 0.0577 e. The van der Waals surface area contributed by atoms with Gasteiger partial charge in [0, 0.05) is 0 Å². The van der Waals surface area contributed by atoms with Crippen LogP contribution in [0, 0.1) is 46.3 Å². The van der Waals surface area contributed by atoms with Crippen LogP contribution in [0.25, 0.3) is 0 Å². The highest BCUT2D eigenvalue weighted by Gasteiger charge is 2.59. The lowest BCUT2D eigenvalue weighted by atomic mass is 9.47. The van der Waals surface area contributed by atoms with Crippen LogP contribution in [-0.2, 0) is 0 Å². The molecular weight excluding hydrogens is 354 g/mol. The number of aliphatic hydroxyl groups excluding tert-OH is 1. The van der Waals surface area contributed by atoms with Gasteiger partial charge >= 0.3 is 0 Å². The Bertz CT molecular complexity index is 614. The van der Waals surface area contributed by atoms with Crippen molar-refractivity contribution < 1.29 is 5.11 Å². The topological polar surface area (TPSA) is 46.2 Å². The average molecular weight is 402 g/mol. The molecule has 4 aliphatic carbocycles. The van der Waals surface area contributed by atoms with Crippen molar-refractivity contribution in [3.63, 3.8) is 0 Å². The number of aliphatic hydroxyl groups is 1. The average Bonchev–Trinajstić information content (AvgIpc) is 3.05. The molecular formula is C27H47NO. The van der Waals surface area contributed by atoms with Crippen LogP contribution in [-0.4, -0.2) is 17.8 Å². The first-order chi connectivity index (χ1) is 13.8. The molecule has 0 heterocycles. The van der Waals surface area contributed by atoms with E-state index in [9.17, 15) is 5.11 Å². The van der Waals surface area contributed by atoms with Crippen LogP contribution in [0.1, 0.15) is 98.3 Å². The molecule has 0 aliphatic heterocycles.